The van der Waals surface area contributed by atoms with Crippen molar-refractivity contribution in [2.45, 2.75) is 13.3 Å². The van der Waals surface area contributed by atoms with Crippen molar-refractivity contribution in [3.8, 4) is 11.6 Å². The molecule has 2 aromatic heterocycles. The number of aryl methyl sites for hydroxylation is 1. The highest BCUT2D eigenvalue weighted by molar-refractivity contribution is 5.86. The molecule has 0 fully saturated rings. The highest BCUT2D eigenvalue weighted by Crippen LogP contribution is 2.20. The zero-order chi connectivity index (χ0) is 10.8. The topological polar surface area (TPSA) is 89.4 Å². The van der Waals surface area contributed by atoms with Crippen LogP contribution in [0.15, 0.2) is 21.3 Å². The lowest BCUT2D eigenvalue weighted by Gasteiger charge is -1.87. The van der Waals surface area contributed by atoms with Crippen LogP contribution in [0.1, 0.15) is 23.2 Å². The van der Waals surface area contributed by atoms with Crippen LogP contribution in [0.3, 0.4) is 0 Å². The van der Waals surface area contributed by atoms with Crippen molar-refractivity contribution in [3.05, 3.63) is 23.8 Å². The Morgan fingerprint density at radius 1 is 1.60 bits per heavy atom. The maximum absolute atomic E-state index is 10.8. The number of rotatable bonds is 3. The third-order valence-corrected chi connectivity index (χ3v) is 1.88. The molecule has 0 atom stereocenters. The number of hydrogen-bond donors (Lipinski definition) is 1. The predicted octanol–water partition coefficient (Wildman–Crippen LogP) is 1.59. The van der Waals surface area contributed by atoms with E-state index in [0.717, 1.165) is 0 Å². The fourth-order valence-corrected chi connectivity index (χ4v) is 1.19. The molecular weight excluding hydrogens is 200 g/mol. The van der Waals surface area contributed by atoms with Gasteiger partial charge in [0.1, 0.15) is 6.26 Å². The summed E-state index contributed by atoms with van der Waals surface area (Å²) in [7, 11) is 0. The van der Waals surface area contributed by atoms with E-state index in [0.29, 0.717) is 17.8 Å². The molecule has 0 bridgehead atoms. The molecule has 6 nitrogen and oxygen atoms in total. The van der Waals surface area contributed by atoms with Crippen LogP contribution >= 0.6 is 0 Å². The molecule has 0 saturated carbocycles. The van der Waals surface area contributed by atoms with Gasteiger partial charge in [0.2, 0.25) is 11.7 Å². The molecule has 2 rings (SSSR count). The van der Waals surface area contributed by atoms with Gasteiger partial charge in [-0.05, 0) is 6.42 Å². The largest absolute Gasteiger partial charge is 0.475 e. The Morgan fingerprint density at radius 2 is 2.40 bits per heavy atom. The summed E-state index contributed by atoms with van der Waals surface area (Å²) in [5.74, 6) is -1.11. The average molecular weight is 208 g/mol. The number of carbonyl (C=O) groups is 1. The number of aromatic nitrogens is 2. The summed E-state index contributed by atoms with van der Waals surface area (Å²) < 4.78 is 9.69. The Labute approximate surface area is 84.5 Å². The van der Waals surface area contributed by atoms with E-state index >= 15 is 0 Å². The van der Waals surface area contributed by atoms with Gasteiger partial charge in [0.15, 0.2) is 5.69 Å². The lowest BCUT2D eigenvalue weighted by molar-refractivity contribution is 0.0661. The van der Waals surface area contributed by atoms with Gasteiger partial charge in [-0.2, -0.15) is 0 Å². The number of oxazole rings is 1. The Bertz CT molecular complexity index is 472. The third kappa shape index (κ3) is 1.61. The van der Waals surface area contributed by atoms with Crippen molar-refractivity contribution in [2.24, 2.45) is 0 Å². The molecule has 0 unspecified atom stereocenters. The van der Waals surface area contributed by atoms with Gasteiger partial charge in [0.05, 0.1) is 5.69 Å². The quantitative estimate of drug-likeness (QED) is 0.823. The highest BCUT2D eigenvalue weighted by atomic mass is 16.5. The van der Waals surface area contributed by atoms with Crippen molar-refractivity contribution in [1.29, 1.82) is 0 Å². The maximum atomic E-state index is 10.8. The molecular formula is C9H8N2O4. The summed E-state index contributed by atoms with van der Waals surface area (Å²) >= 11 is 0. The van der Waals surface area contributed by atoms with Crippen LogP contribution in [0.4, 0.5) is 0 Å². The summed E-state index contributed by atoms with van der Waals surface area (Å²) in [6.07, 6.45) is 1.86. The van der Waals surface area contributed by atoms with E-state index in [1.807, 2.05) is 0 Å². The second-order valence-electron chi connectivity index (χ2n) is 2.84. The summed E-state index contributed by atoms with van der Waals surface area (Å²) in [4.78, 5) is 14.8. The monoisotopic (exact) mass is 208 g/mol. The Balaban J connectivity index is 2.48. The summed E-state index contributed by atoms with van der Waals surface area (Å²) in [6, 6.07) is 1.55. The van der Waals surface area contributed by atoms with E-state index < -0.39 is 5.97 Å². The molecule has 0 aliphatic heterocycles. The molecule has 0 spiro atoms. The van der Waals surface area contributed by atoms with Crippen molar-refractivity contribution < 1.29 is 18.8 Å². The molecule has 78 valence electrons. The van der Waals surface area contributed by atoms with Crippen LogP contribution in [-0.2, 0) is 6.42 Å². The normalized spacial score (nSPS) is 10.5. The summed E-state index contributed by atoms with van der Waals surface area (Å²) in [5.41, 5.74) is 0.790. The molecule has 0 radical (unpaired) electrons. The summed E-state index contributed by atoms with van der Waals surface area (Å²) in [5, 5.41) is 12.4. The zero-order valence-corrected chi connectivity index (χ0v) is 7.93. The minimum absolute atomic E-state index is 0.143. The van der Waals surface area contributed by atoms with Gasteiger partial charge in [-0.25, -0.2) is 9.78 Å². The molecule has 1 N–H and O–H groups in total. The van der Waals surface area contributed by atoms with E-state index in [9.17, 15) is 4.79 Å². The smallest absolute Gasteiger partial charge is 0.373 e. The molecule has 0 amide bonds. The molecule has 0 aromatic carbocycles. The predicted molar refractivity (Wildman–Crippen MR) is 48.3 cm³/mol. The van der Waals surface area contributed by atoms with Gasteiger partial charge < -0.3 is 14.0 Å². The van der Waals surface area contributed by atoms with E-state index in [1.54, 1.807) is 13.0 Å². The molecule has 2 aromatic rings. The lowest BCUT2D eigenvalue weighted by Crippen LogP contribution is -1.98. The fourth-order valence-electron chi connectivity index (χ4n) is 1.19. The zero-order valence-electron chi connectivity index (χ0n) is 7.93. The van der Waals surface area contributed by atoms with Gasteiger partial charge in [-0.15, -0.1) is 0 Å². The standard InChI is InChI=1S/C9H8N2O4/c1-2-5-7(9(12)13)15-8(10-5)6-3-4-14-11-6/h3-4H,2H2,1H3,(H,12,13). The van der Waals surface area contributed by atoms with Crippen LogP contribution < -0.4 is 0 Å². The molecule has 6 heteroatoms. The highest BCUT2D eigenvalue weighted by Gasteiger charge is 2.19. The molecule has 15 heavy (non-hydrogen) atoms. The van der Waals surface area contributed by atoms with Crippen molar-refractivity contribution in [1.82, 2.24) is 10.1 Å². The van der Waals surface area contributed by atoms with Crippen LogP contribution in [0.2, 0.25) is 0 Å². The van der Waals surface area contributed by atoms with Crippen molar-refractivity contribution in [2.75, 3.05) is 0 Å². The first-order valence-corrected chi connectivity index (χ1v) is 4.36. The van der Waals surface area contributed by atoms with Crippen LogP contribution in [0.5, 0.6) is 0 Å². The minimum atomic E-state index is -1.13. The number of aromatic carboxylic acids is 1. The minimum Gasteiger partial charge on any atom is -0.475 e. The van der Waals surface area contributed by atoms with Crippen LogP contribution in [0, 0.1) is 0 Å². The second kappa shape index (κ2) is 3.56. The molecule has 2 heterocycles. The number of carboxylic acid groups (broad SMARTS) is 1. The second-order valence-corrected chi connectivity index (χ2v) is 2.84. The van der Waals surface area contributed by atoms with Gasteiger partial charge in [-0.3, -0.25) is 0 Å². The fraction of sp³-hybridized carbons (Fsp3) is 0.222. The first-order valence-electron chi connectivity index (χ1n) is 4.36. The van der Waals surface area contributed by atoms with E-state index in [2.05, 4.69) is 14.7 Å². The molecule has 0 aliphatic rings. The molecule has 0 saturated heterocycles. The Hall–Kier alpha value is -2.11. The van der Waals surface area contributed by atoms with Crippen molar-refractivity contribution in [3.63, 3.8) is 0 Å². The number of hydrogen-bond acceptors (Lipinski definition) is 5. The lowest BCUT2D eigenvalue weighted by atomic mass is 10.3. The van der Waals surface area contributed by atoms with Crippen LogP contribution in [0.25, 0.3) is 11.6 Å². The maximum Gasteiger partial charge on any atom is 0.373 e. The SMILES string of the molecule is CCc1nc(-c2ccon2)oc1C(=O)O. The Kier molecular flexibility index (Phi) is 2.24. The third-order valence-electron chi connectivity index (χ3n) is 1.88. The Morgan fingerprint density at radius 3 is 2.87 bits per heavy atom. The van der Waals surface area contributed by atoms with Gasteiger partial charge in [-0.1, -0.05) is 12.1 Å². The van der Waals surface area contributed by atoms with Crippen molar-refractivity contribution >= 4 is 5.97 Å². The summed E-state index contributed by atoms with van der Waals surface area (Å²) in [6.45, 7) is 1.80. The first-order chi connectivity index (χ1) is 7.22. The van der Waals surface area contributed by atoms with Gasteiger partial charge in [0.25, 0.3) is 0 Å². The average Bonchev–Trinajstić information content (AvgIpc) is 2.86. The van der Waals surface area contributed by atoms with Gasteiger partial charge >= 0.3 is 5.97 Å². The number of carboxylic acids is 1. The van der Waals surface area contributed by atoms with E-state index in [1.165, 1.54) is 6.26 Å². The van der Waals surface area contributed by atoms with E-state index in [-0.39, 0.29) is 11.7 Å². The van der Waals surface area contributed by atoms with Crippen LogP contribution in [-0.4, -0.2) is 21.2 Å². The van der Waals surface area contributed by atoms with E-state index in [4.69, 9.17) is 9.52 Å². The first kappa shape index (κ1) is 9.45. The van der Waals surface area contributed by atoms with Gasteiger partial charge in [0, 0.05) is 6.07 Å². The number of nitrogens with zero attached hydrogens (tertiary/aromatic N) is 2. The molecule has 0 aliphatic carbocycles.